The van der Waals surface area contributed by atoms with Crippen LogP contribution in [0.2, 0.25) is 0 Å². The number of methoxy groups -OCH3 is 1. The summed E-state index contributed by atoms with van der Waals surface area (Å²) in [5.74, 6) is 2.64. The second-order valence-corrected chi connectivity index (χ2v) is 8.56. The van der Waals surface area contributed by atoms with Crippen LogP contribution < -0.4 is 14.4 Å². The molecule has 0 radical (unpaired) electrons. The van der Waals surface area contributed by atoms with Crippen molar-refractivity contribution >= 4 is 22.6 Å². The number of anilines is 1. The highest BCUT2D eigenvalue weighted by molar-refractivity contribution is 5.96. The van der Waals surface area contributed by atoms with Crippen LogP contribution in [0.4, 0.5) is 5.69 Å². The van der Waals surface area contributed by atoms with E-state index in [9.17, 15) is 4.79 Å². The van der Waals surface area contributed by atoms with Crippen molar-refractivity contribution in [3.05, 3.63) is 84.2 Å². The van der Waals surface area contributed by atoms with Gasteiger partial charge in [-0.3, -0.25) is 4.79 Å². The van der Waals surface area contributed by atoms with E-state index in [1.807, 2.05) is 59.5 Å². The minimum atomic E-state index is 0.0302. The molecule has 1 aliphatic rings. The first-order valence-corrected chi connectivity index (χ1v) is 11.8. The Morgan fingerprint density at radius 1 is 1.00 bits per heavy atom. The maximum Gasteiger partial charge on any atom is 0.227 e. The Labute approximate surface area is 199 Å². The van der Waals surface area contributed by atoms with E-state index >= 15 is 0 Å². The quantitative estimate of drug-likeness (QED) is 0.366. The monoisotopic (exact) mass is 455 g/mol. The highest BCUT2D eigenvalue weighted by atomic mass is 16.5. The molecule has 0 aliphatic carbocycles. The summed E-state index contributed by atoms with van der Waals surface area (Å²) >= 11 is 0. The average molecular weight is 456 g/mol. The second-order valence-electron chi connectivity index (χ2n) is 8.56. The van der Waals surface area contributed by atoms with Gasteiger partial charge in [-0.1, -0.05) is 37.3 Å². The molecule has 0 bridgehead atoms. The van der Waals surface area contributed by atoms with Gasteiger partial charge in [0.05, 0.1) is 24.7 Å². The van der Waals surface area contributed by atoms with Gasteiger partial charge in [0.1, 0.15) is 23.9 Å². The van der Waals surface area contributed by atoms with E-state index in [0.29, 0.717) is 26.1 Å². The molecule has 6 nitrogen and oxygen atoms in total. The van der Waals surface area contributed by atoms with Crippen molar-refractivity contribution in [3.8, 4) is 11.5 Å². The highest BCUT2D eigenvalue weighted by Gasteiger charge is 2.34. The molecule has 1 fully saturated rings. The molecule has 1 unspecified atom stereocenters. The molecule has 1 aromatic heterocycles. The topological polar surface area (TPSA) is 56.6 Å². The Kier molecular flexibility index (Phi) is 6.21. The van der Waals surface area contributed by atoms with E-state index < -0.39 is 0 Å². The number of carbonyl (C=O) groups excluding carboxylic acids is 1. The zero-order chi connectivity index (χ0) is 23.5. The number of hydrogen-bond acceptors (Lipinski definition) is 4. The van der Waals surface area contributed by atoms with Crippen molar-refractivity contribution in [1.29, 1.82) is 0 Å². The first-order valence-electron chi connectivity index (χ1n) is 11.8. The van der Waals surface area contributed by atoms with Crippen molar-refractivity contribution in [3.63, 3.8) is 0 Å². The highest BCUT2D eigenvalue weighted by Crippen LogP contribution is 2.33. The first-order chi connectivity index (χ1) is 16.7. The maximum absolute atomic E-state index is 13.0. The fourth-order valence-electron chi connectivity index (χ4n) is 4.63. The summed E-state index contributed by atoms with van der Waals surface area (Å²) < 4.78 is 13.5. The van der Waals surface area contributed by atoms with E-state index in [-0.39, 0.29) is 11.8 Å². The number of ether oxygens (including phenoxy) is 2. The minimum Gasteiger partial charge on any atom is -0.497 e. The molecule has 6 heteroatoms. The molecule has 1 aliphatic heterocycles. The third kappa shape index (κ3) is 4.36. The Hall–Kier alpha value is -3.80. The van der Waals surface area contributed by atoms with Crippen LogP contribution in [0.5, 0.6) is 11.5 Å². The molecular weight excluding hydrogens is 426 g/mol. The largest absolute Gasteiger partial charge is 0.497 e. The van der Waals surface area contributed by atoms with Gasteiger partial charge in [0.15, 0.2) is 0 Å². The van der Waals surface area contributed by atoms with Crippen molar-refractivity contribution in [1.82, 2.24) is 9.55 Å². The summed E-state index contributed by atoms with van der Waals surface area (Å²) in [5, 5.41) is 0. The van der Waals surface area contributed by atoms with Gasteiger partial charge in [-0.05, 0) is 48.4 Å². The van der Waals surface area contributed by atoms with Crippen LogP contribution in [-0.4, -0.2) is 35.7 Å². The lowest BCUT2D eigenvalue weighted by Gasteiger charge is -2.18. The number of fused-ring (bicyclic) bond motifs is 1. The Morgan fingerprint density at radius 3 is 2.59 bits per heavy atom. The predicted octanol–water partition coefficient (Wildman–Crippen LogP) is 5.21. The number of para-hydroxylation sites is 2. The van der Waals surface area contributed by atoms with Crippen LogP contribution in [0.25, 0.3) is 11.0 Å². The van der Waals surface area contributed by atoms with Crippen molar-refractivity contribution < 1.29 is 14.3 Å². The van der Waals surface area contributed by atoms with Crippen LogP contribution in [0.1, 0.15) is 30.7 Å². The van der Waals surface area contributed by atoms with Crippen LogP contribution in [0.15, 0.2) is 72.8 Å². The lowest BCUT2D eigenvalue weighted by molar-refractivity contribution is -0.117. The van der Waals surface area contributed by atoms with Crippen LogP contribution in [0.3, 0.4) is 0 Å². The van der Waals surface area contributed by atoms with Gasteiger partial charge in [0, 0.05) is 30.6 Å². The molecule has 5 rings (SSSR count). The van der Waals surface area contributed by atoms with Gasteiger partial charge in [0.2, 0.25) is 5.91 Å². The third-order valence-electron chi connectivity index (χ3n) is 6.46. The summed E-state index contributed by atoms with van der Waals surface area (Å²) in [5.41, 5.74) is 4.22. The molecule has 2 heterocycles. The lowest BCUT2D eigenvalue weighted by Crippen LogP contribution is -2.24. The number of nitrogens with zero attached hydrogens (tertiary/aromatic N) is 3. The van der Waals surface area contributed by atoms with Gasteiger partial charge < -0.3 is 18.9 Å². The van der Waals surface area contributed by atoms with Crippen molar-refractivity contribution in [2.75, 3.05) is 25.2 Å². The van der Waals surface area contributed by atoms with Crippen LogP contribution in [-0.2, 0) is 17.8 Å². The molecule has 174 valence electrons. The first kappa shape index (κ1) is 22.0. The summed E-state index contributed by atoms with van der Waals surface area (Å²) in [7, 11) is 1.65. The number of aryl methyl sites for hydroxylation is 1. The molecule has 0 N–H and O–H groups in total. The molecule has 3 aromatic carbocycles. The number of imidazole rings is 1. The SMILES string of the molecule is CCc1ccc(N2CC(c3nc4ccccc4n3CCOc3cccc(OC)c3)CC2=O)cc1. The molecule has 1 atom stereocenters. The van der Waals surface area contributed by atoms with Gasteiger partial charge in [0.25, 0.3) is 0 Å². The normalized spacial score (nSPS) is 15.8. The Morgan fingerprint density at radius 2 is 1.79 bits per heavy atom. The van der Waals surface area contributed by atoms with E-state index in [0.717, 1.165) is 40.5 Å². The molecule has 4 aromatic rings. The summed E-state index contributed by atoms with van der Waals surface area (Å²) in [6.45, 7) is 3.89. The smallest absolute Gasteiger partial charge is 0.227 e. The van der Waals surface area contributed by atoms with Crippen molar-refractivity contribution in [2.24, 2.45) is 0 Å². The number of rotatable bonds is 8. The van der Waals surface area contributed by atoms with Crippen LogP contribution in [0, 0.1) is 0 Å². The second kappa shape index (κ2) is 9.59. The lowest BCUT2D eigenvalue weighted by atomic mass is 10.1. The Bertz CT molecular complexity index is 1300. The zero-order valence-electron chi connectivity index (χ0n) is 19.6. The fraction of sp³-hybridized carbons (Fsp3) is 0.286. The molecule has 34 heavy (non-hydrogen) atoms. The van der Waals surface area contributed by atoms with E-state index in [2.05, 4.69) is 29.7 Å². The minimum absolute atomic E-state index is 0.0302. The number of benzene rings is 3. The zero-order valence-corrected chi connectivity index (χ0v) is 19.6. The molecule has 0 spiro atoms. The van der Waals surface area contributed by atoms with E-state index in [1.54, 1.807) is 7.11 Å². The number of amides is 1. The van der Waals surface area contributed by atoms with Gasteiger partial charge in [-0.15, -0.1) is 0 Å². The van der Waals surface area contributed by atoms with Gasteiger partial charge in [-0.2, -0.15) is 0 Å². The summed E-state index contributed by atoms with van der Waals surface area (Å²) in [6, 6.07) is 24.0. The van der Waals surface area contributed by atoms with Gasteiger partial charge in [-0.25, -0.2) is 4.98 Å². The number of aromatic nitrogens is 2. The standard InChI is InChI=1S/C28H29N3O3/c1-3-20-11-13-22(14-12-20)31-19-21(17-27(31)32)28-29-25-9-4-5-10-26(25)30(28)15-16-34-24-8-6-7-23(18-24)33-2/h4-14,18,21H,3,15-17,19H2,1-2H3. The van der Waals surface area contributed by atoms with Crippen molar-refractivity contribution in [2.45, 2.75) is 32.2 Å². The van der Waals surface area contributed by atoms with Gasteiger partial charge >= 0.3 is 0 Å². The molecule has 1 saturated heterocycles. The maximum atomic E-state index is 13.0. The molecule has 0 saturated carbocycles. The van der Waals surface area contributed by atoms with E-state index in [1.165, 1.54) is 5.56 Å². The average Bonchev–Trinajstić information content (AvgIpc) is 3.45. The Balaban J connectivity index is 1.37. The predicted molar refractivity (Wildman–Crippen MR) is 134 cm³/mol. The number of carbonyl (C=O) groups is 1. The number of hydrogen-bond donors (Lipinski definition) is 0. The summed E-state index contributed by atoms with van der Waals surface area (Å²) in [6.07, 6.45) is 1.44. The fourth-order valence-corrected chi connectivity index (χ4v) is 4.63. The molecule has 1 amide bonds. The van der Waals surface area contributed by atoms with Crippen LogP contribution >= 0.6 is 0 Å². The third-order valence-corrected chi connectivity index (χ3v) is 6.46. The molecular formula is C28H29N3O3. The summed E-state index contributed by atoms with van der Waals surface area (Å²) in [4.78, 5) is 19.8. The van der Waals surface area contributed by atoms with E-state index in [4.69, 9.17) is 14.5 Å².